The van der Waals surface area contributed by atoms with Gasteiger partial charge < -0.3 is 0 Å². The standard InChI is InChI=1S/C23H18F8N2O2S/c24-19-7-2-8-20(13-19)36(34,35)33(11-9-16-5-3-10-32-14-16)15-17-4-1-6-18(12-17)21(25,26)22(27,28)23(29,30)31/h1-8,10,12-14H,9,11,15H2. The molecule has 0 unspecified atom stereocenters. The number of hydrogen-bond donors (Lipinski definition) is 0. The van der Waals surface area contributed by atoms with E-state index in [0.717, 1.165) is 40.7 Å². The Morgan fingerprint density at radius 2 is 1.50 bits per heavy atom. The van der Waals surface area contributed by atoms with Crippen LogP contribution in [-0.2, 0) is 28.9 Å². The van der Waals surface area contributed by atoms with Crippen LogP contribution >= 0.6 is 0 Å². The highest BCUT2D eigenvalue weighted by Crippen LogP contribution is 2.51. The summed E-state index contributed by atoms with van der Waals surface area (Å²) in [4.78, 5) is 3.44. The third kappa shape index (κ3) is 5.67. The molecule has 2 aromatic carbocycles. The highest BCUT2D eigenvalue weighted by atomic mass is 32.2. The second-order valence-electron chi connectivity index (χ2n) is 7.75. The van der Waals surface area contributed by atoms with Gasteiger partial charge in [0.2, 0.25) is 10.0 Å². The molecular weight excluding hydrogens is 520 g/mol. The fourth-order valence-corrected chi connectivity index (χ4v) is 4.75. The first-order valence-electron chi connectivity index (χ1n) is 10.2. The number of nitrogens with zero attached hydrogens (tertiary/aromatic N) is 2. The molecule has 0 saturated heterocycles. The van der Waals surface area contributed by atoms with Crippen molar-refractivity contribution in [3.8, 4) is 0 Å². The second-order valence-corrected chi connectivity index (χ2v) is 9.69. The lowest BCUT2D eigenvalue weighted by Crippen LogP contribution is -2.50. The predicted molar refractivity (Wildman–Crippen MR) is 113 cm³/mol. The molecule has 0 radical (unpaired) electrons. The molecule has 0 N–H and O–H groups in total. The number of halogens is 8. The maximum atomic E-state index is 14.2. The Hall–Kier alpha value is -3.06. The van der Waals surface area contributed by atoms with Gasteiger partial charge in [0.1, 0.15) is 5.82 Å². The van der Waals surface area contributed by atoms with E-state index in [1.54, 1.807) is 12.1 Å². The Kier molecular flexibility index (Phi) is 7.75. The molecule has 0 amide bonds. The van der Waals surface area contributed by atoms with Crippen molar-refractivity contribution in [3.05, 3.63) is 95.6 Å². The third-order valence-electron chi connectivity index (χ3n) is 5.21. The molecule has 194 valence electrons. The predicted octanol–water partition coefficient (Wildman–Crippen LogP) is 5.94. The molecule has 4 nitrogen and oxygen atoms in total. The van der Waals surface area contributed by atoms with E-state index in [1.165, 1.54) is 12.4 Å². The quantitative estimate of drug-likeness (QED) is 0.317. The molecule has 36 heavy (non-hydrogen) atoms. The molecule has 13 heteroatoms. The van der Waals surface area contributed by atoms with Crippen molar-refractivity contribution in [2.75, 3.05) is 6.54 Å². The van der Waals surface area contributed by atoms with Gasteiger partial charge in [-0.05, 0) is 47.9 Å². The molecule has 0 saturated carbocycles. The average molecular weight is 538 g/mol. The Labute approximate surface area is 201 Å². The summed E-state index contributed by atoms with van der Waals surface area (Å²) in [7, 11) is -4.43. The summed E-state index contributed by atoms with van der Waals surface area (Å²) >= 11 is 0. The molecule has 0 fully saturated rings. The van der Waals surface area contributed by atoms with Crippen molar-refractivity contribution in [1.29, 1.82) is 0 Å². The van der Waals surface area contributed by atoms with Gasteiger partial charge in [0.15, 0.2) is 0 Å². The van der Waals surface area contributed by atoms with E-state index in [0.29, 0.717) is 17.7 Å². The fraction of sp³-hybridized carbons (Fsp3) is 0.261. The van der Waals surface area contributed by atoms with Crippen molar-refractivity contribution in [2.45, 2.75) is 35.9 Å². The van der Waals surface area contributed by atoms with Gasteiger partial charge in [-0.15, -0.1) is 0 Å². The van der Waals surface area contributed by atoms with Crippen molar-refractivity contribution in [2.24, 2.45) is 0 Å². The number of pyridine rings is 1. The van der Waals surface area contributed by atoms with Crippen LogP contribution in [0.5, 0.6) is 0 Å². The highest BCUT2D eigenvalue weighted by Gasteiger charge is 2.73. The first-order chi connectivity index (χ1) is 16.7. The first kappa shape index (κ1) is 27.5. The van der Waals surface area contributed by atoms with Gasteiger partial charge in [0.25, 0.3) is 0 Å². The lowest BCUT2D eigenvalue weighted by atomic mass is 9.99. The van der Waals surface area contributed by atoms with E-state index in [-0.39, 0.29) is 18.5 Å². The highest BCUT2D eigenvalue weighted by molar-refractivity contribution is 7.89. The van der Waals surface area contributed by atoms with E-state index in [2.05, 4.69) is 4.98 Å². The third-order valence-corrected chi connectivity index (χ3v) is 7.05. The van der Waals surface area contributed by atoms with Crippen LogP contribution in [0.1, 0.15) is 16.7 Å². The van der Waals surface area contributed by atoms with Gasteiger partial charge in [-0.2, -0.15) is 35.0 Å². The van der Waals surface area contributed by atoms with E-state index >= 15 is 0 Å². The van der Waals surface area contributed by atoms with Crippen molar-refractivity contribution in [1.82, 2.24) is 9.29 Å². The molecule has 0 spiro atoms. The van der Waals surface area contributed by atoms with E-state index in [9.17, 15) is 43.5 Å². The molecule has 0 aliphatic carbocycles. The minimum atomic E-state index is -6.52. The van der Waals surface area contributed by atoms with Gasteiger partial charge in [0, 0.05) is 31.0 Å². The van der Waals surface area contributed by atoms with E-state index in [1.807, 2.05) is 0 Å². The largest absolute Gasteiger partial charge is 0.460 e. The summed E-state index contributed by atoms with van der Waals surface area (Å²) in [6.45, 7) is -0.926. The smallest absolute Gasteiger partial charge is 0.264 e. The maximum Gasteiger partial charge on any atom is 0.460 e. The van der Waals surface area contributed by atoms with Gasteiger partial charge in [-0.1, -0.05) is 30.3 Å². The van der Waals surface area contributed by atoms with Crippen LogP contribution in [-0.4, -0.2) is 36.4 Å². The summed E-state index contributed by atoms with van der Waals surface area (Å²) in [5, 5.41) is 0. The Bertz CT molecular complexity index is 1300. The summed E-state index contributed by atoms with van der Waals surface area (Å²) in [6, 6.07) is 9.91. The Balaban J connectivity index is 1.98. The van der Waals surface area contributed by atoms with Crippen LogP contribution in [0.2, 0.25) is 0 Å². The monoisotopic (exact) mass is 538 g/mol. The van der Waals surface area contributed by atoms with E-state index < -0.39 is 50.9 Å². The minimum absolute atomic E-state index is 0.0877. The summed E-state index contributed by atoms with van der Waals surface area (Å²) in [6.07, 6.45) is -3.51. The topological polar surface area (TPSA) is 50.3 Å². The summed E-state index contributed by atoms with van der Waals surface area (Å²) in [5.74, 6) is -12.9. The Morgan fingerprint density at radius 3 is 2.11 bits per heavy atom. The summed E-state index contributed by atoms with van der Waals surface area (Å²) in [5.41, 5.74) is -1.32. The Morgan fingerprint density at radius 1 is 0.833 bits per heavy atom. The first-order valence-corrected chi connectivity index (χ1v) is 11.7. The number of hydrogen-bond acceptors (Lipinski definition) is 3. The van der Waals surface area contributed by atoms with Crippen molar-refractivity contribution >= 4 is 10.0 Å². The van der Waals surface area contributed by atoms with Crippen LogP contribution in [0, 0.1) is 5.82 Å². The SMILES string of the molecule is O=S(=O)(c1cccc(F)c1)N(CCc1cccnc1)Cc1cccc(C(F)(F)C(F)(F)C(F)(F)F)c1. The van der Waals surface area contributed by atoms with E-state index in [4.69, 9.17) is 0 Å². The number of rotatable bonds is 9. The normalized spacial score (nSPS) is 13.2. The van der Waals surface area contributed by atoms with Crippen LogP contribution in [0.4, 0.5) is 35.1 Å². The van der Waals surface area contributed by atoms with Gasteiger partial charge in [-0.3, -0.25) is 4.98 Å². The molecule has 0 atom stereocenters. The van der Waals surface area contributed by atoms with Gasteiger partial charge >= 0.3 is 18.0 Å². The molecule has 0 aliphatic rings. The molecule has 0 aliphatic heterocycles. The summed E-state index contributed by atoms with van der Waals surface area (Å²) < 4.78 is 134. The molecule has 0 bridgehead atoms. The molecular formula is C23H18F8N2O2S. The van der Waals surface area contributed by atoms with Crippen LogP contribution < -0.4 is 0 Å². The van der Waals surface area contributed by atoms with Gasteiger partial charge in [0.05, 0.1) is 4.90 Å². The zero-order valence-corrected chi connectivity index (χ0v) is 19.0. The van der Waals surface area contributed by atoms with Crippen molar-refractivity contribution in [3.63, 3.8) is 0 Å². The molecule has 1 heterocycles. The fourth-order valence-electron chi connectivity index (χ4n) is 3.29. The zero-order chi connectivity index (χ0) is 26.8. The minimum Gasteiger partial charge on any atom is -0.264 e. The van der Waals surface area contributed by atoms with Crippen LogP contribution in [0.25, 0.3) is 0 Å². The lowest BCUT2D eigenvalue weighted by molar-refractivity contribution is -0.359. The van der Waals surface area contributed by atoms with Gasteiger partial charge in [-0.25, -0.2) is 12.8 Å². The second kappa shape index (κ2) is 10.1. The lowest BCUT2D eigenvalue weighted by Gasteiger charge is -2.29. The molecule has 3 rings (SSSR count). The number of alkyl halides is 7. The number of sulfonamides is 1. The molecule has 3 aromatic rings. The number of benzene rings is 2. The van der Waals surface area contributed by atoms with Crippen molar-refractivity contribution < 1.29 is 43.5 Å². The van der Waals surface area contributed by atoms with Crippen LogP contribution in [0.3, 0.4) is 0 Å². The van der Waals surface area contributed by atoms with Crippen LogP contribution in [0.15, 0.2) is 78.0 Å². The molecule has 1 aromatic heterocycles. The number of aromatic nitrogens is 1. The average Bonchev–Trinajstić information content (AvgIpc) is 2.81. The zero-order valence-electron chi connectivity index (χ0n) is 18.2. The maximum absolute atomic E-state index is 14.2.